The zero-order valence-electron chi connectivity index (χ0n) is 15.6. The molecule has 1 saturated heterocycles. The van der Waals surface area contributed by atoms with Gasteiger partial charge in [0.25, 0.3) is 0 Å². The molecule has 8 nitrogen and oxygen atoms in total. The summed E-state index contributed by atoms with van der Waals surface area (Å²) < 4.78 is 5.42. The molecule has 0 saturated carbocycles. The van der Waals surface area contributed by atoms with E-state index < -0.39 is 0 Å². The molecule has 2 N–H and O–H groups in total. The van der Waals surface area contributed by atoms with E-state index >= 15 is 0 Å². The number of para-hydroxylation sites is 1. The molecule has 2 aromatic carbocycles. The average Bonchev–Trinajstić information content (AvgIpc) is 2.76. The Bertz CT molecular complexity index is 960. The van der Waals surface area contributed by atoms with Crippen molar-refractivity contribution in [1.82, 2.24) is 15.0 Å². The minimum absolute atomic E-state index is 0.352. The quantitative estimate of drug-likeness (QED) is 0.475. The molecule has 0 amide bonds. The molecular weight excluding hydrogens is 390 g/mol. The predicted molar refractivity (Wildman–Crippen MR) is 115 cm³/mol. The lowest BCUT2D eigenvalue weighted by molar-refractivity contribution is 0.122. The minimum atomic E-state index is 0.352. The number of aromatic nitrogens is 3. The summed E-state index contributed by atoms with van der Waals surface area (Å²) in [4.78, 5) is 15.6. The average molecular weight is 410 g/mol. The summed E-state index contributed by atoms with van der Waals surface area (Å²) in [6.07, 6.45) is 1.68. The lowest BCUT2D eigenvalue weighted by Crippen LogP contribution is -2.37. The summed E-state index contributed by atoms with van der Waals surface area (Å²) in [5, 5.41) is 8.13. The van der Waals surface area contributed by atoms with Gasteiger partial charge in [0, 0.05) is 23.8 Å². The second kappa shape index (κ2) is 9.31. The van der Waals surface area contributed by atoms with Crippen LogP contribution < -0.4 is 15.6 Å². The monoisotopic (exact) mass is 409 g/mol. The van der Waals surface area contributed by atoms with Crippen LogP contribution in [0.3, 0.4) is 0 Å². The van der Waals surface area contributed by atoms with E-state index in [1.54, 1.807) is 6.21 Å². The Morgan fingerprint density at radius 3 is 2.41 bits per heavy atom. The van der Waals surface area contributed by atoms with Gasteiger partial charge in [-0.1, -0.05) is 41.9 Å². The number of halogens is 1. The van der Waals surface area contributed by atoms with E-state index in [4.69, 9.17) is 16.3 Å². The van der Waals surface area contributed by atoms with Crippen LogP contribution in [0.1, 0.15) is 5.56 Å². The molecule has 0 spiro atoms. The van der Waals surface area contributed by atoms with Gasteiger partial charge in [0.1, 0.15) is 0 Å². The third kappa shape index (κ3) is 5.40. The van der Waals surface area contributed by atoms with Crippen molar-refractivity contribution in [2.45, 2.75) is 0 Å². The fraction of sp³-hybridized carbons (Fsp3) is 0.200. The molecule has 4 rings (SSSR count). The molecule has 1 aliphatic heterocycles. The van der Waals surface area contributed by atoms with E-state index in [1.165, 1.54) is 0 Å². The maximum absolute atomic E-state index is 5.91. The third-order valence-electron chi connectivity index (χ3n) is 4.20. The summed E-state index contributed by atoms with van der Waals surface area (Å²) in [6.45, 7) is 2.74. The van der Waals surface area contributed by atoms with Gasteiger partial charge >= 0.3 is 0 Å². The van der Waals surface area contributed by atoms with Crippen LogP contribution in [0.4, 0.5) is 23.5 Å². The maximum Gasteiger partial charge on any atom is 0.250 e. The Labute approximate surface area is 173 Å². The van der Waals surface area contributed by atoms with Gasteiger partial charge in [0.15, 0.2) is 0 Å². The predicted octanol–water partition coefficient (Wildman–Crippen LogP) is 3.55. The molecule has 0 atom stereocenters. The zero-order valence-corrected chi connectivity index (χ0v) is 16.4. The molecule has 0 aliphatic carbocycles. The topological polar surface area (TPSA) is 87.6 Å². The number of nitrogens with zero attached hydrogens (tertiary/aromatic N) is 5. The first-order chi connectivity index (χ1) is 14.3. The van der Waals surface area contributed by atoms with Crippen molar-refractivity contribution in [3.8, 4) is 0 Å². The first-order valence-corrected chi connectivity index (χ1v) is 9.59. The first kappa shape index (κ1) is 19.1. The highest BCUT2D eigenvalue weighted by molar-refractivity contribution is 6.30. The summed E-state index contributed by atoms with van der Waals surface area (Å²) in [5.74, 6) is 1.37. The van der Waals surface area contributed by atoms with Crippen molar-refractivity contribution in [2.24, 2.45) is 5.10 Å². The molecule has 0 radical (unpaired) electrons. The molecular formula is C20H20ClN7O. The fourth-order valence-corrected chi connectivity index (χ4v) is 2.87. The van der Waals surface area contributed by atoms with E-state index in [1.807, 2.05) is 54.6 Å². The summed E-state index contributed by atoms with van der Waals surface area (Å²) in [6, 6.07) is 17.1. The number of hydrogen-bond donors (Lipinski definition) is 2. The van der Waals surface area contributed by atoms with Crippen LogP contribution in [0.5, 0.6) is 0 Å². The summed E-state index contributed by atoms with van der Waals surface area (Å²) >= 11 is 5.91. The van der Waals surface area contributed by atoms with Gasteiger partial charge in [-0.25, -0.2) is 5.43 Å². The van der Waals surface area contributed by atoms with Crippen LogP contribution in [0.2, 0.25) is 5.02 Å². The van der Waals surface area contributed by atoms with Crippen LogP contribution in [0, 0.1) is 0 Å². The summed E-state index contributed by atoms with van der Waals surface area (Å²) in [7, 11) is 0. The number of hydrogen-bond acceptors (Lipinski definition) is 8. The SMILES string of the molecule is Clc1ccc(/C=N\Nc2nc(Nc3ccccc3)nc(N3CCOCC3)n2)cc1. The third-order valence-corrected chi connectivity index (χ3v) is 4.45. The number of rotatable bonds is 6. The van der Waals surface area contributed by atoms with Crippen LogP contribution in [-0.2, 0) is 4.74 Å². The minimum Gasteiger partial charge on any atom is -0.378 e. The Balaban J connectivity index is 1.55. The number of hydrazone groups is 1. The fourth-order valence-electron chi connectivity index (χ4n) is 2.74. The molecule has 1 aliphatic rings. The normalized spacial score (nSPS) is 14.2. The molecule has 1 fully saturated rings. The van der Waals surface area contributed by atoms with Gasteiger partial charge in [-0.3, -0.25) is 0 Å². The van der Waals surface area contributed by atoms with Crippen LogP contribution >= 0.6 is 11.6 Å². The first-order valence-electron chi connectivity index (χ1n) is 9.22. The van der Waals surface area contributed by atoms with Crippen molar-refractivity contribution in [2.75, 3.05) is 41.9 Å². The van der Waals surface area contributed by atoms with Crippen molar-refractivity contribution in [1.29, 1.82) is 0 Å². The Hall–Kier alpha value is -3.23. The van der Waals surface area contributed by atoms with Gasteiger partial charge < -0.3 is 15.0 Å². The highest BCUT2D eigenvalue weighted by Gasteiger charge is 2.16. The zero-order chi connectivity index (χ0) is 19.9. The van der Waals surface area contributed by atoms with Crippen molar-refractivity contribution < 1.29 is 4.74 Å². The number of nitrogens with one attached hydrogen (secondary N) is 2. The lowest BCUT2D eigenvalue weighted by Gasteiger charge is -2.27. The van der Waals surface area contributed by atoms with Crippen molar-refractivity contribution in [3.05, 3.63) is 65.2 Å². The Morgan fingerprint density at radius 2 is 1.66 bits per heavy atom. The van der Waals surface area contributed by atoms with Gasteiger partial charge in [0.2, 0.25) is 17.8 Å². The van der Waals surface area contributed by atoms with E-state index in [-0.39, 0.29) is 0 Å². The smallest absolute Gasteiger partial charge is 0.250 e. The van der Waals surface area contributed by atoms with Crippen molar-refractivity contribution >= 4 is 41.3 Å². The van der Waals surface area contributed by atoms with E-state index in [2.05, 4.69) is 35.7 Å². The largest absolute Gasteiger partial charge is 0.378 e. The van der Waals surface area contributed by atoms with Crippen LogP contribution in [0.25, 0.3) is 0 Å². The van der Waals surface area contributed by atoms with Crippen LogP contribution in [0.15, 0.2) is 59.7 Å². The molecule has 148 valence electrons. The Kier molecular flexibility index (Phi) is 6.13. The van der Waals surface area contributed by atoms with E-state index in [0.717, 1.165) is 24.3 Å². The Morgan fingerprint density at radius 1 is 0.931 bits per heavy atom. The van der Waals surface area contributed by atoms with Gasteiger partial charge in [0.05, 0.1) is 19.4 Å². The molecule has 0 bridgehead atoms. The summed E-state index contributed by atoms with van der Waals surface area (Å²) in [5.41, 5.74) is 4.69. The van der Waals surface area contributed by atoms with Gasteiger partial charge in [-0.15, -0.1) is 0 Å². The van der Waals surface area contributed by atoms with E-state index in [0.29, 0.717) is 36.1 Å². The molecule has 2 heterocycles. The molecule has 3 aromatic rings. The van der Waals surface area contributed by atoms with Gasteiger partial charge in [-0.05, 0) is 29.8 Å². The van der Waals surface area contributed by atoms with Crippen LogP contribution in [-0.4, -0.2) is 47.5 Å². The number of ether oxygens (including phenoxy) is 1. The molecule has 0 unspecified atom stereocenters. The lowest BCUT2D eigenvalue weighted by atomic mass is 10.2. The maximum atomic E-state index is 5.91. The number of benzene rings is 2. The van der Waals surface area contributed by atoms with Crippen molar-refractivity contribution in [3.63, 3.8) is 0 Å². The standard InChI is InChI=1S/C20H20ClN7O/c21-16-8-6-15(7-9-16)14-22-27-19-24-18(23-17-4-2-1-3-5-17)25-20(26-19)28-10-12-29-13-11-28/h1-9,14H,10-13H2,(H2,23,24,25,26,27)/b22-14-. The number of anilines is 4. The van der Waals surface area contributed by atoms with E-state index in [9.17, 15) is 0 Å². The highest BCUT2D eigenvalue weighted by atomic mass is 35.5. The molecule has 9 heteroatoms. The highest BCUT2D eigenvalue weighted by Crippen LogP contribution is 2.18. The second-order valence-corrected chi connectivity index (χ2v) is 6.73. The second-order valence-electron chi connectivity index (χ2n) is 6.29. The van der Waals surface area contributed by atoms with Gasteiger partial charge in [-0.2, -0.15) is 20.1 Å². The number of morpholine rings is 1. The molecule has 1 aromatic heterocycles. The molecule has 29 heavy (non-hydrogen) atoms.